The molecule has 1 rings (SSSR count). The van der Waals surface area contributed by atoms with Crippen LogP contribution in [0.1, 0.15) is 39.0 Å². The van der Waals surface area contributed by atoms with E-state index in [-0.39, 0.29) is 10.00 Å². The van der Waals surface area contributed by atoms with Gasteiger partial charge in [-0.15, -0.1) is 0 Å². The van der Waals surface area contributed by atoms with Gasteiger partial charge in [-0.3, -0.25) is 0 Å². The highest BCUT2D eigenvalue weighted by atomic mass is 32.2. The van der Waals surface area contributed by atoms with E-state index in [1.165, 1.54) is 19.3 Å². The molecule has 1 fully saturated rings. The largest absolute Gasteiger partial charge is 0.318 e. The van der Waals surface area contributed by atoms with Gasteiger partial charge < -0.3 is 5.32 Å². The fraction of sp³-hybridized carbons (Fsp3) is 1.00. The molecule has 0 radical (unpaired) electrons. The first-order valence-electron chi connectivity index (χ1n) is 6.64. The van der Waals surface area contributed by atoms with Gasteiger partial charge in [0.05, 0.1) is 5.25 Å². The van der Waals surface area contributed by atoms with Crippen LogP contribution < -0.4 is 10.0 Å². The third-order valence-corrected chi connectivity index (χ3v) is 7.01. The minimum atomic E-state index is -3.20. The summed E-state index contributed by atoms with van der Waals surface area (Å²) in [7, 11) is -1.42. The Labute approximate surface area is 116 Å². The molecule has 1 unspecified atom stereocenters. The van der Waals surface area contributed by atoms with Gasteiger partial charge in [0, 0.05) is 17.8 Å². The molecule has 0 spiro atoms. The molecule has 0 heterocycles. The van der Waals surface area contributed by atoms with Crippen molar-refractivity contribution in [3.05, 3.63) is 0 Å². The first-order chi connectivity index (χ1) is 8.46. The Balaban J connectivity index is 2.56. The summed E-state index contributed by atoms with van der Waals surface area (Å²) < 4.78 is 27.1. The lowest BCUT2D eigenvalue weighted by molar-refractivity contribution is 0.394. The molecule has 108 valence electrons. The van der Waals surface area contributed by atoms with Crippen LogP contribution in [0.25, 0.3) is 0 Å². The number of rotatable bonds is 7. The van der Waals surface area contributed by atoms with Crippen LogP contribution in [0.5, 0.6) is 0 Å². The van der Waals surface area contributed by atoms with Crippen molar-refractivity contribution in [2.45, 2.75) is 49.0 Å². The summed E-state index contributed by atoms with van der Waals surface area (Å²) in [5.41, 5.74) is 0. The molecule has 0 aromatic carbocycles. The smallest absolute Gasteiger partial charge is 0.215 e. The summed E-state index contributed by atoms with van der Waals surface area (Å²) in [6, 6.07) is 0. The average molecular weight is 294 g/mol. The van der Waals surface area contributed by atoms with Crippen molar-refractivity contribution in [3.8, 4) is 0 Å². The summed E-state index contributed by atoms with van der Waals surface area (Å²) in [6.07, 6.45) is 8.05. The van der Waals surface area contributed by atoms with Gasteiger partial charge in [-0.1, -0.05) is 19.3 Å². The van der Waals surface area contributed by atoms with E-state index in [2.05, 4.69) is 16.3 Å². The van der Waals surface area contributed by atoms with E-state index >= 15 is 0 Å². The van der Waals surface area contributed by atoms with Crippen molar-refractivity contribution in [2.75, 3.05) is 26.4 Å². The van der Waals surface area contributed by atoms with Crippen LogP contribution in [-0.2, 0) is 10.0 Å². The highest BCUT2D eigenvalue weighted by Gasteiger charge is 2.33. The second-order valence-corrected chi connectivity index (χ2v) is 8.64. The normalized spacial score (nSPS) is 21.7. The summed E-state index contributed by atoms with van der Waals surface area (Å²) >= 11 is 1.82. The molecule has 0 aromatic heterocycles. The van der Waals surface area contributed by atoms with Crippen LogP contribution in [0.3, 0.4) is 0 Å². The summed E-state index contributed by atoms with van der Waals surface area (Å²) in [4.78, 5) is 0. The molecule has 0 bridgehead atoms. The van der Waals surface area contributed by atoms with Gasteiger partial charge >= 0.3 is 0 Å². The molecular formula is C12H26N2O2S2. The van der Waals surface area contributed by atoms with E-state index in [1.807, 2.05) is 11.8 Å². The molecule has 1 aliphatic rings. The zero-order valence-electron chi connectivity index (χ0n) is 11.7. The van der Waals surface area contributed by atoms with Crippen LogP contribution in [0, 0.1) is 0 Å². The van der Waals surface area contributed by atoms with Gasteiger partial charge in [-0.25, -0.2) is 13.1 Å². The molecule has 6 heteroatoms. The Kier molecular flexibility index (Phi) is 6.44. The van der Waals surface area contributed by atoms with Crippen LogP contribution in [0.15, 0.2) is 0 Å². The van der Waals surface area contributed by atoms with Crippen molar-refractivity contribution < 1.29 is 8.42 Å². The molecule has 1 atom stereocenters. The number of sulfonamides is 1. The first kappa shape index (κ1) is 16.3. The quantitative estimate of drug-likeness (QED) is 0.748. The van der Waals surface area contributed by atoms with Gasteiger partial charge in [0.1, 0.15) is 0 Å². The molecule has 1 aliphatic carbocycles. The van der Waals surface area contributed by atoms with Crippen molar-refractivity contribution >= 4 is 21.8 Å². The predicted molar refractivity (Wildman–Crippen MR) is 79.6 cm³/mol. The van der Waals surface area contributed by atoms with Gasteiger partial charge in [0.2, 0.25) is 10.0 Å². The molecule has 0 aromatic rings. The summed E-state index contributed by atoms with van der Waals surface area (Å²) in [5.74, 6) is 0. The zero-order valence-corrected chi connectivity index (χ0v) is 13.3. The molecule has 0 amide bonds. The Morgan fingerprint density at radius 3 is 2.39 bits per heavy atom. The highest BCUT2D eigenvalue weighted by molar-refractivity contribution is 8.00. The maximum atomic E-state index is 12.1. The van der Waals surface area contributed by atoms with Crippen LogP contribution in [-0.4, -0.2) is 44.8 Å². The lowest BCUT2D eigenvalue weighted by Gasteiger charge is -2.36. The van der Waals surface area contributed by atoms with Gasteiger partial charge in [0.15, 0.2) is 0 Å². The Morgan fingerprint density at radius 1 is 1.28 bits per heavy atom. The second-order valence-electron chi connectivity index (χ2n) is 5.18. The van der Waals surface area contributed by atoms with Crippen molar-refractivity contribution in [2.24, 2.45) is 0 Å². The topological polar surface area (TPSA) is 58.2 Å². The molecule has 2 N–H and O–H groups in total. The number of hydrogen-bond acceptors (Lipinski definition) is 4. The van der Waals surface area contributed by atoms with Crippen molar-refractivity contribution in [1.29, 1.82) is 0 Å². The minimum Gasteiger partial charge on any atom is -0.318 e. The fourth-order valence-electron chi connectivity index (χ4n) is 2.42. The Bertz CT molecular complexity index is 338. The van der Waals surface area contributed by atoms with Crippen LogP contribution >= 0.6 is 11.8 Å². The second kappa shape index (κ2) is 7.12. The Hall–Kier alpha value is 0.220. The van der Waals surface area contributed by atoms with Crippen LogP contribution in [0.4, 0.5) is 0 Å². The van der Waals surface area contributed by atoms with Crippen LogP contribution in [0.2, 0.25) is 0 Å². The van der Waals surface area contributed by atoms with E-state index < -0.39 is 10.0 Å². The molecule has 0 aliphatic heterocycles. The summed E-state index contributed by atoms with van der Waals surface area (Å²) in [6.45, 7) is 2.80. The van der Waals surface area contributed by atoms with E-state index in [4.69, 9.17) is 0 Å². The standard InChI is InChI=1S/C12H26N2O2S2/c1-11(9-13-2)18(15,16)14-10-12(17-3)7-5-4-6-8-12/h11,13-14H,4-10H2,1-3H3. The monoisotopic (exact) mass is 294 g/mol. The lowest BCUT2D eigenvalue weighted by Crippen LogP contribution is -2.46. The first-order valence-corrected chi connectivity index (χ1v) is 9.41. The fourth-order valence-corrected chi connectivity index (χ4v) is 4.57. The molecule has 1 saturated carbocycles. The zero-order chi connectivity index (χ0) is 13.6. The van der Waals surface area contributed by atoms with E-state index in [9.17, 15) is 8.42 Å². The molecular weight excluding hydrogens is 268 g/mol. The molecule has 0 saturated heterocycles. The van der Waals surface area contributed by atoms with E-state index in [0.717, 1.165) is 12.8 Å². The van der Waals surface area contributed by atoms with E-state index in [1.54, 1.807) is 14.0 Å². The van der Waals surface area contributed by atoms with Gasteiger partial charge in [0.25, 0.3) is 0 Å². The van der Waals surface area contributed by atoms with Gasteiger partial charge in [-0.2, -0.15) is 11.8 Å². The average Bonchev–Trinajstić information content (AvgIpc) is 2.38. The third-order valence-electron chi connectivity index (χ3n) is 3.81. The maximum absolute atomic E-state index is 12.1. The lowest BCUT2D eigenvalue weighted by atomic mass is 9.88. The van der Waals surface area contributed by atoms with Gasteiger partial charge in [-0.05, 0) is 33.1 Å². The number of hydrogen-bond donors (Lipinski definition) is 2. The van der Waals surface area contributed by atoms with Crippen molar-refractivity contribution in [1.82, 2.24) is 10.0 Å². The predicted octanol–water partition coefficient (Wildman–Crippen LogP) is 1.58. The highest BCUT2D eigenvalue weighted by Crippen LogP contribution is 2.38. The molecule has 4 nitrogen and oxygen atoms in total. The Morgan fingerprint density at radius 2 is 1.89 bits per heavy atom. The molecule has 18 heavy (non-hydrogen) atoms. The third kappa shape index (κ3) is 4.40. The summed E-state index contributed by atoms with van der Waals surface area (Å²) in [5, 5.41) is 2.53. The van der Waals surface area contributed by atoms with Crippen molar-refractivity contribution in [3.63, 3.8) is 0 Å². The minimum absolute atomic E-state index is 0.116. The maximum Gasteiger partial charge on any atom is 0.215 e. The number of nitrogens with one attached hydrogen (secondary N) is 2. The SMILES string of the molecule is CNCC(C)S(=O)(=O)NCC1(SC)CCCCC1. The van der Waals surface area contributed by atoms with E-state index in [0.29, 0.717) is 13.1 Å². The number of thioether (sulfide) groups is 1.